The number of aromatic nitrogens is 2. The van der Waals surface area contributed by atoms with Gasteiger partial charge in [0.1, 0.15) is 0 Å². The van der Waals surface area contributed by atoms with Gasteiger partial charge in [-0.05, 0) is 35.0 Å². The van der Waals surface area contributed by atoms with E-state index in [2.05, 4.69) is 31.4 Å². The van der Waals surface area contributed by atoms with E-state index in [4.69, 9.17) is 9.15 Å². The summed E-state index contributed by atoms with van der Waals surface area (Å²) in [5, 5.41) is 11.2. The van der Waals surface area contributed by atoms with Crippen molar-refractivity contribution >= 4 is 15.9 Å². The molecule has 0 bridgehead atoms. The molecule has 1 aromatic carbocycles. The van der Waals surface area contributed by atoms with E-state index in [9.17, 15) is 0 Å². The van der Waals surface area contributed by atoms with E-state index in [1.807, 2.05) is 31.2 Å². The standard InChI is InChI=1S/C13H16BrN3O2/c1-2-18-8-7-15-9-12-16-17-13(19-12)10-5-3-4-6-11(10)14/h3-6,15H,2,7-9H2,1H3. The predicted octanol–water partition coefficient (Wildman–Crippen LogP) is 2.63. The van der Waals surface area contributed by atoms with Crippen LogP contribution < -0.4 is 5.32 Å². The molecule has 102 valence electrons. The number of benzene rings is 1. The van der Waals surface area contributed by atoms with Gasteiger partial charge in [0.05, 0.1) is 18.7 Å². The summed E-state index contributed by atoms with van der Waals surface area (Å²) in [4.78, 5) is 0. The molecule has 19 heavy (non-hydrogen) atoms. The normalized spacial score (nSPS) is 10.8. The van der Waals surface area contributed by atoms with E-state index >= 15 is 0 Å². The van der Waals surface area contributed by atoms with Crippen molar-refractivity contribution < 1.29 is 9.15 Å². The Morgan fingerprint density at radius 3 is 2.95 bits per heavy atom. The molecule has 0 atom stereocenters. The van der Waals surface area contributed by atoms with Crippen molar-refractivity contribution in [1.82, 2.24) is 15.5 Å². The first kappa shape index (κ1) is 14.2. The summed E-state index contributed by atoms with van der Waals surface area (Å²) in [5.74, 6) is 1.09. The van der Waals surface area contributed by atoms with Gasteiger partial charge < -0.3 is 14.5 Å². The minimum atomic E-state index is 0.522. The summed E-state index contributed by atoms with van der Waals surface area (Å²) in [6.07, 6.45) is 0. The molecule has 5 nitrogen and oxygen atoms in total. The Balaban J connectivity index is 1.91. The van der Waals surface area contributed by atoms with Crippen molar-refractivity contribution in [2.75, 3.05) is 19.8 Å². The third-order valence-electron chi connectivity index (χ3n) is 2.47. The van der Waals surface area contributed by atoms with E-state index in [0.717, 1.165) is 23.2 Å². The quantitative estimate of drug-likeness (QED) is 0.793. The number of nitrogens with one attached hydrogen (secondary N) is 1. The van der Waals surface area contributed by atoms with Gasteiger partial charge in [-0.1, -0.05) is 12.1 Å². The van der Waals surface area contributed by atoms with E-state index in [1.165, 1.54) is 0 Å². The van der Waals surface area contributed by atoms with Gasteiger partial charge in [0, 0.05) is 17.6 Å². The van der Waals surface area contributed by atoms with Gasteiger partial charge in [0.15, 0.2) is 0 Å². The van der Waals surface area contributed by atoms with Crippen LogP contribution in [0.5, 0.6) is 0 Å². The molecule has 0 radical (unpaired) electrons. The molecule has 0 aliphatic carbocycles. The molecule has 0 saturated heterocycles. The van der Waals surface area contributed by atoms with Gasteiger partial charge in [-0.25, -0.2) is 0 Å². The Labute approximate surface area is 120 Å². The van der Waals surface area contributed by atoms with Crippen LogP contribution in [0.15, 0.2) is 33.2 Å². The lowest BCUT2D eigenvalue weighted by Gasteiger charge is -2.01. The van der Waals surface area contributed by atoms with Gasteiger partial charge in [0.25, 0.3) is 0 Å². The summed E-state index contributed by atoms with van der Waals surface area (Å²) in [6.45, 7) is 4.70. The van der Waals surface area contributed by atoms with Crippen molar-refractivity contribution in [2.45, 2.75) is 13.5 Å². The van der Waals surface area contributed by atoms with Crippen molar-refractivity contribution in [3.63, 3.8) is 0 Å². The number of nitrogens with zero attached hydrogens (tertiary/aromatic N) is 2. The zero-order valence-electron chi connectivity index (χ0n) is 10.7. The first-order valence-corrected chi connectivity index (χ1v) is 6.96. The molecule has 0 aliphatic rings. The fraction of sp³-hybridized carbons (Fsp3) is 0.385. The summed E-state index contributed by atoms with van der Waals surface area (Å²) in [6, 6.07) is 7.76. The summed E-state index contributed by atoms with van der Waals surface area (Å²) in [5.41, 5.74) is 0.899. The van der Waals surface area contributed by atoms with E-state index in [1.54, 1.807) is 0 Å². The van der Waals surface area contributed by atoms with Crippen molar-refractivity contribution in [3.05, 3.63) is 34.6 Å². The highest BCUT2D eigenvalue weighted by Gasteiger charge is 2.10. The molecule has 0 amide bonds. The average molecular weight is 326 g/mol. The van der Waals surface area contributed by atoms with Gasteiger partial charge in [0.2, 0.25) is 11.8 Å². The monoisotopic (exact) mass is 325 g/mol. The molecule has 0 spiro atoms. The summed E-state index contributed by atoms with van der Waals surface area (Å²) < 4.78 is 11.8. The van der Waals surface area contributed by atoms with Crippen molar-refractivity contribution in [2.24, 2.45) is 0 Å². The fourth-order valence-corrected chi connectivity index (χ4v) is 2.01. The first-order valence-electron chi connectivity index (χ1n) is 6.17. The second-order valence-corrected chi connectivity index (χ2v) is 4.71. The lowest BCUT2D eigenvalue weighted by molar-refractivity contribution is 0.148. The Hall–Kier alpha value is -1.24. The van der Waals surface area contributed by atoms with Gasteiger partial charge in [-0.3, -0.25) is 0 Å². The molecule has 6 heteroatoms. The van der Waals surface area contributed by atoms with E-state index in [-0.39, 0.29) is 0 Å². The number of hydrogen-bond acceptors (Lipinski definition) is 5. The summed E-state index contributed by atoms with van der Waals surface area (Å²) in [7, 11) is 0. The maximum absolute atomic E-state index is 5.60. The maximum Gasteiger partial charge on any atom is 0.248 e. The minimum absolute atomic E-state index is 0.522. The predicted molar refractivity (Wildman–Crippen MR) is 75.6 cm³/mol. The van der Waals surface area contributed by atoms with Crippen LogP contribution in [0.25, 0.3) is 11.5 Å². The molecule has 2 aromatic rings. The highest BCUT2D eigenvalue weighted by atomic mass is 79.9. The highest BCUT2D eigenvalue weighted by Crippen LogP contribution is 2.26. The number of halogens is 1. The maximum atomic E-state index is 5.60. The van der Waals surface area contributed by atoms with Gasteiger partial charge in [-0.2, -0.15) is 0 Å². The van der Waals surface area contributed by atoms with Crippen molar-refractivity contribution in [3.8, 4) is 11.5 Å². The molecule has 0 saturated carbocycles. The molecule has 1 N–H and O–H groups in total. The minimum Gasteiger partial charge on any atom is -0.419 e. The van der Waals surface area contributed by atoms with Gasteiger partial charge >= 0.3 is 0 Å². The van der Waals surface area contributed by atoms with Crippen LogP contribution >= 0.6 is 15.9 Å². The number of rotatable bonds is 7. The van der Waals surface area contributed by atoms with Crippen LogP contribution in [0, 0.1) is 0 Å². The zero-order valence-corrected chi connectivity index (χ0v) is 12.3. The first-order chi connectivity index (χ1) is 9.31. The van der Waals surface area contributed by atoms with Crippen LogP contribution in [-0.2, 0) is 11.3 Å². The third-order valence-corrected chi connectivity index (χ3v) is 3.17. The van der Waals surface area contributed by atoms with E-state index in [0.29, 0.717) is 24.9 Å². The Morgan fingerprint density at radius 2 is 2.16 bits per heavy atom. The SMILES string of the molecule is CCOCCNCc1nnc(-c2ccccc2Br)o1. The Kier molecular flexibility index (Phi) is 5.50. The molecule has 2 rings (SSSR count). The Bertz CT molecular complexity index is 516. The molecule has 0 unspecified atom stereocenters. The van der Waals surface area contributed by atoms with Crippen LogP contribution in [0.2, 0.25) is 0 Å². The second kappa shape index (κ2) is 7.37. The molecule has 1 aromatic heterocycles. The topological polar surface area (TPSA) is 60.2 Å². The van der Waals surface area contributed by atoms with Gasteiger partial charge in [-0.15, -0.1) is 10.2 Å². The zero-order chi connectivity index (χ0) is 13.5. The largest absolute Gasteiger partial charge is 0.419 e. The van der Waals surface area contributed by atoms with Crippen LogP contribution in [0.3, 0.4) is 0 Å². The van der Waals surface area contributed by atoms with Crippen LogP contribution in [0.1, 0.15) is 12.8 Å². The lowest BCUT2D eigenvalue weighted by Crippen LogP contribution is -2.19. The molecular weight excluding hydrogens is 310 g/mol. The number of ether oxygens (including phenoxy) is 1. The number of hydrogen-bond donors (Lipinski definition) is 1. The summed E-state index contributed by atoms with van der Waals surface area (Å²) >= 11 is 3.46. The third kappa shape index (κ3) is 4.12. The van der Waals surface area contributed by atoms with E-state index < -0.39 is 0 Å². The molecule has 0 fully saturated rings. The molecule has 0 aliphatic heterocycles. The highest BCUT2D eigenvalue weighted by molar-refractivity contribution is 9.10. The fourth-order valence-electron chi connectivity index (χ4n) is 1.55. The van der Waals surface area contributed by atoms with Crippen molar-refractivity contribution in [1.29, 1.82) is 0 Å². The molecule has 1 heterocycles. The average Bonchev–Trinajstić information content (AvgIpc) is 2.88. The van der Waals surface area contributed by atoms with Crippen LogP contribution in [0.4, 0.5) is 0 Å². The molecular formula is C13H16BrN3O2. The Morgan fingerprint density at radius 1 is 1.32 bits per heavy atom. The lowest BCUT2D eigenvalue weighted by atomic mass is 10.2. The smallest absolute Gasteiger partial charge is 0.248 e. The second-order valence-electron chi connectivity index (χ2n) is 3.85. The van der Waals surface area contributed by atoms with Crippen LogP contribution in [-0.4, -0.2) is 30.0 Å².